The van der Waals surface area contributed by atoms with E-state index < -0.39 is 6.04 Å². The Kier molecular flexibility index (Phi) is 5.62. The summed E-state index contributed by atoms with van der Waals surface area (Å²) in [5.41, 5.74) is 8.13. The molecule has 3 aromatic rings. The first kappa shape index (κ1) is 19.2. The van der Waals surface area contributed by atoms with E-state index in [1.54, 1.807) is 7.11 Å². The number of nitrogens with two attached hydrogens (primary N) is 1. The Labute approximate surface area is 170 Å². The van der Waals surface area contributed by atoms with Crippen LogP contribution in [0.25, 0.3) is 10.8 Å². The van der Waals surface area contributed by atoms with Gasteiger partial charge in [0, 0.05) is 42.6 Å². The molecule has 150 valence electrons. The van der Waals surface area contributed by atoms with Crippen molar-refractivity contribution in [3.8, 4) is 5.75 Å². The molecule has 1 atom stereocenters. The quantitative estimate of drug-likeness (QED) is 0.698. The molecule has 6 heteroatoms. The van der Waals surface area contributed by atoms with Gasteiger partial charge in [0.2, 0.25) is 5.91 Å². The molecule has 1 saturated heterocycles. The first-order valence-electron chi connectivity index (χ1n) is 9.92. The Hall–Kier alpha value is -3.12. The molecular weight excluding hydrogens is 364 g/mol. The van der Waals surface area contributed by atoms with Gasteiger partial charge in [0.1, 0.15) is 11.8 Å². The highest BCUT2D eigenvalue weighted by atomic mass is 16.5. The lowest BCUT2D eigenvalue weighted by molar-refractivity contribution is -0.133. The minimum Gasteiger partial charge on any atom is -0.497 e. The number of carbonyl (C=O) groups is 1. The number of anilines is 1. The second-order valence-electron chi connectivity index (χ2n) is 7.43. The lowest BCUT2D eigenvalue weighted by atomic mass is 10.0. The van der Waals surface area contributed by atoms with Gasteiger partial charge in [0.15, 0.2) is 0 Å². The molecule has 1 amide bonds. The average Bonchev–Trinajstić information content (AvgIpc) is 2.78. The fourth-order valence-electron chi connectivity index (χ4n) is 3.80. The number of aromatic nitrogens is 1. The van der Waals surface area contributed by atoms with Crippen molar-refractivity contribution in [2.45, 2.75) is 24.9 Å². The van der Waals surface area contributed by atoms with Crippen LogP contribution in [0, 0.1) is 0 Å². The Morgan fingerprint density at radius 1 is 1.14 bits per heavy atom. The number of benzene rings is 2. The fraction of sp³-hybridized carbons (Fsp3) is 0.304. The van der Waals surface area contributed by atoms with E-state index in [0.29, 0.717) is 19.1 Å². The molecule has 0 spiro atoms. The number of carbonyl (C=O) groups excluding carboxylic acids is 1. The number of hydrogen-bond acceptors (Lipinski definition) is 5. The minimum absolute atomic E-state index is 0.0215. The van der Waals surface area contributed by atoms with Crippen LogP contribution in [-0.2, 0) is 4.79 Å². The van der Waals surface area contributed by atoms with E-state index in [0.717, 1.165) is 35.2 Å². The van der Waals surface area contributed by atoms with E-state index in [1.165, 1.54) is 5.39 Å². The van der Waals surface area contributed by atoms with Crippen molar-refractivity contribution in [2.75, 3.05) is 25.5 Å². The van der Waals surface area contributed by atoms with Gasteiger partial charge in [-0.05, 0) is 54.1 Å². The van der Waals surface area contributed by atoms with Crippen molar-refractivity contribution < 1.29 is 9.53 Å². The summed E-state index contributed by atoms with van der Waals surface area (Å²) in [5.74, 6) is 0.733. The molecule has 1 aliphatic heterocycles. The lowest BCUT2D eigenvalue weighted by Gasteiger charge is -2.34. The zero-order valence-electron chi connectivity index (χ0n) is 16.5. The van der Waals surface area contributed by atoms with Crippen LogP contribution in [0.1, 0.15) is 24.4 Å². The maximum Gasteiger partial charge on any atom is 0.244 e. The minimum atomic E-state index is -0.639. The molecule has 29 heavy (non-hydrogen) atoms. The third-order valence-electron chi connectivity index (χ3n) is 5.56. The predicted octanol–water partition coefficient (Wildman–Crippen LogP) is 3.35. The molecule has 0 radical (unpaired) electrons. The van der Waals surface area contributed by atoms with Crippen LogP contribution in [-0.4, -0.2) is 42.0 Å². The first-order chi connectivity index (χ1) is 14.1. The third kappa shape index (κ3) is 4.32. The van der Waals surface area contributed by atoms with Gasteiger partial charge in [0.05, 0.1) is 7.11 Å². The van der Waals surface area contributed by atoms with Gasteiger partial charge in [-0.2, -0.15) is 0 Å². The summed E-state index contributed by atoms with van der Waals surface area (Å²) in [6.07, 6.45) is 5.47. The molecule has 4 rings (SSSR count). The first-order valence-corrected chi connectivity index (χ1v) is 9.92. The van der Waals surface area contributed by atoms with Gasteiger partial charge in [-0.1, -0.05) is 18.2 Å². The Morgan fingerprint density at radius 2 is 1.90 bits per heavy atom. The largest absolute Gasteiger partial charge is 0.497 e. The fourth-order valence-corrected chi connectivity index (χ4v) is 3.80. The summed E-state index contributed by atoms with van der Waals surface area (Å²) >= 11 is 0. The lowest BCUT2D eigenvalue weighted by Crippen LogP contribution is -2.45. The molecule has 0 saturated carbocycles. The maximum atomic E-state index is 12.8. The predicted molar refractivity (Wildman–Crippen MR) is 115 cm³/mol. The van der Waals surface area contributed by atoms with Crippen LogP contribution in [0.5, 0.6) is 5.75 Å². The number of methoxy groups -OCH3 is 1. The molecule has 2 heterocycles. The Bertz CT molecular complexity index is 982. The highest BCUT2D eigenvalue weighted by Gasteiger charge is 2.27. The third-order valence-corrected chi connectivity index (χ3v) is 5.56. The van der Waals surface area contributed by atoms with Crippen molar-refractivity contribution in [3.05, 3.63) is 66.5 Å². The summed E-state index contributed by atoms with van der Waals surface area (Å²) in [6.45, 7) is 1.41. The van der Waals surface area contributed by atoms with Crippen LogP contribution in [0.2, 0.25) is 0 Å². The number of amides is 1. The molecule has 6 nitrogen and oxygen atoms in total. The van der Waals surface area contributed by atoms with Gasteiger partial charge in [-0.15, -0.1) is 0 Å². The van der Waals surface area contributed by atoms with Gasteiger partial charge >= 0.3 is 0 Å². The molecule has 0 aliphatic carbocycles. The maximum absolute atomic E-state index is 12.8. The van der Waals surface area contributed by atoms with E-state index in [2.05, 4.69) is 28.5 Å². The SMILES string of the molecule is COc1ccc(C(N)C(=O)N2CCC(Nc3ccc4cnccc4c3)CC2)cc1. The van der Waals surface area contributed by atoms with Crippen molar-refractivity contribution in [2.24, 2.45) is 5.73 Å². The smallest absolute Gasteiger partial charge is 0.244 e. The van der Waals surface area contributed by atoms with Crippen LogP contribution < -0.4 is 15.8 Å². The monoisotopic (exact) mass is 390 g/mol. The van der Waals surface area contributed by atoms with Gasteiger partial charge in [-0.25, -0.2) is 0 Å². The Morgan fingerprint density at radius 3 is 2.62 bits per heavy atom. The van der Waals surface area contributed by atoms with E-state index >= 15 is 0 Å². The number of likely N-dealkylation sites (tertiary alicyclic amines) is 1. The molecule has 3 N–H and O–H groups in total. The molecule has 0 bridgehead atoms. The second-order valence-corrected chi connectivity index (χ2v) is 7.43. The van der Waals surface area contributed by atoms with E-state index in [-0.39, 0.29) is 5.91 Å². The van der Waals surface area contributed by atoms with E-state index in [9.17, 15) is 4.79 Å². The number of hydrogen-bond donors (Lipinski definition) is 2. The standard InChI is InChI=1S/C23H26N4O2/c1-29-21-6-3-16(4-7-21)22(24)23(28)27-12-9-19(10-13-27)26-20-5-2-18-15-25-11-8-17(18)14-20/h2-8,11,14-15,19,22,26H,9-10,12-13,24H2,1H3. The van der Waals surface area contributed by atoms with Gasteiger partial charge in [0.25, 0.3) is 0 Å². The average molecular weight is 390 g/mol. The number of pyridine rings is 1. The highest BCUT2D eigenvalue weighted by Crippen LogP contribution is 2.23. The number of piperidine rings is 1. The summed E-state index contributed by atoms with van der Waals surface area (Å²) in [5, 5.41) is 5.90. The number of ether oxygens (including phenoxy) is 1. The van der Waals surface area contributed by atoms with E-state index in [4.69, 9.17) is 10.5 Å². The number of fused-ring (bicyclic) bond motifs is 1. The molecule has 1 fully saturated rings. The van der Waals surface area contributed by atoms with Crippen LogP contribution >= 0.6 is 0 Å². The van der Waals surface area contributed by atoms with E-state index in [1.807, 2.05) is 47.6 Å². The molecule has 1 aliphatic rings. The van der Waals surface area contributed by atoms with Gasteiger partial charge < -0.3 is 20.7 Å². The van der Waals surface area contributed by atoms with Crippen molar-refractivity contribution >= 4 is 22.4 Å². The summed E-state index contributed by atoms with van der Waals surface area (Å²) in [6, 6.07) is 15.4. The summed E-state index contributed by atoms with van der Waals surface area (Å²) in [4.78, 5) is 18.8. The molecule has 1 aromatic heterocycles. The zero-order chi connectivity index (χ0) is 20.2. The van der Waals surface area contributed by atoms with Crippen LogP contribution in [0.3, 0.4) is 0 Å². The molecule has 2 aromatic carbocycles. The normalized spacial score (nSPS) is 15.9. The highest BCUT2D eigenvalue weighted by molar-refractivity contribution is 5.85. The van der Waals surface area contributed by atoms with Gasteiger partial charge in [-0.3, -0.25) is 9.78 Å². The van der Waals surface area contributed by atoms with Crippen molar-refractivity contribution in [3.63, 3.8) is 0 Å². The van der Waals surface area contributed by atoms with Crippen LogP contribution in [0.15, 0.2) is 60.9 Å². The number of nitrogens with zero attached hydrogens (tertiary/aromatic N) is 2. The van der Waals surface area contributed by atoms with Crippen molar-refractivity contribution in [1.29, 1.82) is 0 Å². The second kappa shape index (κ2) is 8.49. The van der Waals surface area contributed by atoms with Crippen LogP contribution in [0.4, 0.5) is 5.69 Å². The summed E-state index contributed by atoms with van der Waals surface area (Å²) < 4.78 is 5.16. The molecular formula is C23H26N4O2. The zero-order valence-corrected chi connectivity index (χ0v) is 16.5. The summed E-state index contributed by atoms with van der Waals surface area (Å²) in [7, 11) is 1.62. The topological polar surface area (TPSA) is 80.5 Å². The van der Waals surface area contributed by atoms with Crippen molar-refractivity contribution in [1.82, 2.24) is 9.88 Å². The molecule has 1 unspecified atom stereocenters. The number of rotatable bonds is 5. The number of nitrogens with one attached hydrogen (secondary N) is 1. The Balaban J connectivity index is 1.33.